The predicted molar refractivity (Wildman–Crippen MR) is 72.3 cm³/mol. The molecule has 1 atom stereocenters. The highest BCUT2D eigenvalue weighted by atomic mass is 16.5. The maximum absolute atomic E-state index is 10.9. The van der Waals surface area contributed by atoms with Crippen LogP contribution < -0.4 is 5.32 Å². The second-order valence-electron chi connectivity index (χ2n) is 5.01. The number of aryl methyl sites for hydroxylation is 1. The molecule has 0 saturated carbocycles. The molecule has 0 aliphatic rings. The Hall–Kier alpha value is -1.55. The van der Waals surface area contributed by atoms with Crippen LogP contribution in [-0.4, -0.2) is 29.8 Å². The molecule has 0 amide bonds. The molecule has 0 bridgehead atoms. The van der Waals surface area contributed by atoms with Crippen LogP contribution in [-0.2, 0) is 4.74 Å². The van der Waals surface area contributed by atoms with Crippen molar-refractivity contribution in [3.05, 3.63) is 29.3 Å². The van der Waals surface area contributed by atoms with E-state index in [1.54, 1.807) is 25.3 Å². The Balaban J connectivity index is 2.89. The van der Waals surface area contributed by atoms with E-state index in [1.807, 2.05) is 27.7 Å². The Morgan fingerprint density at radius 3 is 2.50 bits per heavy atom. The number of aromatic carboxylic acids is 1. The summed E-state index contributed by atoms with van der Waals surface area (Å²) < 4.78 is 5.42. The van der Waals surface area contributed by atoms with Gasteiger partial charge in [-0.15, -0.1) is 0 Å². The average molecular weight is 251 g/mol. The van der Waals surface area contributed by atoms with Crippen LogP contribution in [0.15, 0.2) is 18.2 Å². The maximum Gasteiger partial charge on any atom is 0.335 e. The van der Waals surface area contributed by atoms with Crippen LogP contribution >= 0.6 is 0 Å². The number of hydrogen-bond acceptors (Lipinski definition) is 3. The largest absolute Gasteiger partial charge is 0.478 e. The monoisotopic (exact) mass is 251 g/mol. The number of nitrogens with one attached hydrogen (secondary N) is 1. The Kier molecular flexibility index (Phi) is 4.35. The number of anilines is 1. The lowest BCUT2D eigenvalue weighted by atomic mass is 9.99. The van der Waals surface area contributed by atoms with Crippen LogP contribution in [0.3, 0.4) is 0 Å². The summed E-state index contributed by atoms with van der Waals surface area (Å²) in [5, 5.41) is 12.3. The smallest absolute Gasteiger partial charge is 0.335 e. The second kappa shape index (κ2) is 5.40. The van der Waals surface area contributed by atoms with Gasteiger partial charge in [-0.1, -0.05) is 0 Å². The van der Waals surface area contributed by atoms with Crippen LogP contribution in [0, 0.1) is 6.92 Å². The van der Waals surface area contributed by atoms with Gasteiger partial charge in [0.15, 0.2) is 0 Å². The van der Waals surface area contributed by atoms with Crippen molar-refractivity contribution < 1.29 is 14.6 Å². The molecular weight excluding hydrogens is 230 g/mol. The highest BCUT2D eigenvalue weighted by Gasteiger charge is 2.25. The molecule has 1 aromatic rings. The first-order chi connectivity index (χ1) is 8.27. The van der Waals surface area contributed by atoms with E-state index < -0.39 is 5.97 Å². The van der Waals surface area contributed by atoms with Gasteiger partial charge in [0.2, 0.25) is 0 Å². The van der Waals surface area contributed by atoms with Gasteiger partial charge in [0.1, 0.15) is 0 Å². The molecule has 0 fully saturated rings. The summed E-state index contributed by atoms with van der Waals surface area (Å²) >= 11 is 0. The molecule has 0 aromatic heterocycles. The molecule has 100 valence electrons. The Bertz CT molecular complexity index is 441. The number of benzene rings is 1. The minimum absolute atomic E-state index is 0.108. The molecule has 0 aliphatic heterocycles. The SMILES string of the molecule is COC(C)(C)C(C)Nc1ccc(C(=O)O)cc1C. The van der Waals surface area contributed by atoms with Gasteiger partial charge in [-0.3, -0.25) is 0 Å². The highest BCUT2D eigenvalue weighted by molar-refractivity contribution is 5.88. The van der Waals surface area contributed by atoms with Gasteiger partial charge in [-0.2, -0.15) is 0 Å². The fraction of sp³-hybridized carbons (Fsp3) is 0.500. The van der Waals surface area contributed by atoms with Crippen LogP contribution in [0.1, 0.15) is 36.7 Å². The van der Waals surface area contributed by atoms with Crippen LogP contribution in [0.2, 0.25) is 0 Å². The fourth-order valence-electron chi connectivity index (χ4n) is 1.54. The molecule has 1 rings (SSSR count). The molecule has 0 heterocycles. The zero-order valence-corrected chi connectivity index (χ0v) is 11.6. The first kappa shape index (κ1) is 14.5. The third kappa shape index (κ3) is 3.23. The lowest BCUT2D eigenvalue weighted by molar-refractivity contribution is 0.0107. The normalized spacial score (nSPS) is 13.2. The molecule has 4 nitrogen and oxygen atoms in total. The average Bonchev–Trinajstić information content (AvgIpc) is 2.31. The van der Waals surface area contributed by atoms with E-state index >= 15 is 0 Å². The Morgan fingerprint density at radius 1 is 1.44 bits per heavy atom. The van der Waals surface area contributed by atoms with Crippen molar-refractivity contribution in [1.82, 2.24) is 0 Å². The zero-order valence-electron chi connectivity index (χ0n) is 11.6. The van der Waals surface area contributed by atoms with Gasteiger partial charge >= 0.3 is 5.97 Å². The van der Waals surface area contributed by atoms with Crippen molar-refractivity contribution in [2.45, 2.75) is 39.3 Å². The summed E-state index contributed by atoms with van der Waals surface area (Å²) in [5.41, 5.74) is 1.85. The minimum Gasteiger partial charge on any atom is -0.478 e. The lowest BCUT2D eigenvalue weighted by Crippen LogP contribution is -2.41. The first-order valence-corrected chi connectivity index (χ1v) is 5.93. The first-order valence-electron chi connectivity index (χ1n) is 5.93. The van der Waals surface area contributed by atoms with Crippen LogP contribution in [0.25, 0.3) is 0 Å². The van der Waals surface area contributed by atoms with E-state index in [9.17, 15) is 4.79 Å². The second-order valence-corrected chi connectivity index (χ2v) is 5.01. The summed E-state index contributed by atoms with van der Waals surface area (Å²) in [6.45, 7) is 7.94. The molecule has 18 heavy (non-hydrogen) atoms. The number of carboxylic acids is 1. The van der Waals surface area contributed by atoms with E-state index in [2.05, 4.69) is 5.32 Å². The molecule has 2 N–H and O–H groups in total. The Morgan fingerprint density at radius 2 is 2.06 bits per heavy atom. The molecule has 4 heteroatoms. The van der Waals surface area contributed by atoms with Gasteiger partial charge in [0.05, 0.1) is 17.2 Å². The number of rotatable bonds is 5. The summed E-state index contributed by atoms with van der Waals surface area (Å²) in [6.07, 6.45) is 0. The highest BCUT2D eigenvalue weighted by Crippen LogP contribution is 2.22. The van der Waals surface area contributed by atoms with Crippen molar-refractivity contribution in [2.24, 2.45) is 0 Å². The van der Waals surface area contributed by atoms with Crippen molar-refractivity contribution >= 4 is 11.7 Å². The lowest BCUT2D eigenvalue weighted by Gasteiger charge is -2.32. The molecule has 0 saturated heterocycles. The van der Waals surface area contributed by atoms with Gasteiger partial charge < -0.3 is 15.2 Å². The van der Waals surface area contributed by atoms with Crippen molar-refractivity contribution in [2.75, 3.05) is 12.4 Å². The quantitative estimate of drug-likeness (QED) is 0.844. The Labute approximate surface area is 108 Å². The molecule has 0 radical (unpaired) electrons. The van der Waals surface area contributed by atoms with Crippen LogP contribution in [0.5, 0.6) is 0 Å². The summed E-state index contributed by atoms with van der Waals surface area (Å²) in [7, 11) is 1.68. The molecule has 1 unspecified atom stereocenters. The van der Waals surface area contributed by atoms with Gasteiger partial charge in [0.25, 0.3) is 0 Å². The fourth-order valence-corrected chi connectivity index (χ4v) is 1.54. The zero-order chi connectivity index (χ0) is 13.9. The molecule has 1 aromatic carbocycles. The van der Waals surface area contributed by atoms with E-state index in [4.69, 9.17) is 9.84 Å². The van der Waals surface area contributed by atoms with Gasteiger partial charge in [-0.05, 0) is 51.5 Å². The van der Waals surface area contributed by atoms with E-state index in [0.29, 0.717) is 5.56 Å². The maximum atomic E-state index is 10.9. The predicted octanol–water partition coefficient (Wildman–Crippen LogP) is 2.92. The summed E-state index contributed by atoms with van der Waals surface area (Å²) in [4.78, 5) is 10.9. The topological polar surface area (TPSA) is 58.6 Å². The van der Waals surface area contributed by atoms with Crippen molar-refractivity contribution in [3.8, 4) is 0 Å². The number of carboxylic acid groups (broad SMARTS) is 1. The minimum atomic E-state index is -0.907. The van der Waals surface area contributed by atoms with Gasteiger partial charge in [0, 0.05) is 12.8 Å². The third-order valence-electron chi connectivity index (χ3n) is 3.41. The summed E-state index contributed by atoms with van der Waals surface area (Å²) in [5.74, 6) is -0.907. The van der Waals surface area contributed by atoms with Crippen LogP contribution in [0.4, 0.5) is 5.69 Å². The van der Waals surface area contributed by atoms with Gasteiger partial charge in [-0.25, -0.2) is 4.79 Å². The number of ether oxygens (including phenoxy) is 1. The number of carbonyl (C=O) groups is 1. The van der Waals surface area contributed by atoms with E-state index in [1.165, 1.54) is 0 Å². The number of hydrogen-bond donors (Lipinski definition) is 2. The summed E-state index contributed by atoms with van der Waals surface area (Å²) in [6, 6.07) is 5.17. The number of methoxy groups -OCH3 is 1. The standard InChI is InChI=1S/C14H21NO3/c1-9-8-11(13(16)17)6-7-12(9)15-10(2)14(3,4)18-5/h6-8,10,15H,1-5H3,(H,16,17). The third-order valence-corrected chi connectivity index (χ3v) is 3.41. The van der Waals surface area contributed by atoms with Crippen molar-refractivity contribution in [1.29, 1.82) is 0 Å². The van der Waals surface area contributed by atoms with E-state index in [-0.39, 0.29) is 11.6 Å². The van der Waals surface area contributed by atoms with Crippen molar-refractivity contribution in [3.63, 3.8) is 0 Å². The van der Waals surface area contributed by atoms with E-state index in [0.717, 1.165) is 11.3 Å². The molecular formula is C14H21NO3. The molecule has 0 spiro atoms. The molecule has 0 aliphatic carbocycles.